The number of rotatable bonds is 5. The molecule has 3 N–H and O–H groups in total. The number of nitrogens with one attached hydrogen (secondary N) is 1. The first kappa shape index (κ1) is 12.2. The van der Waals surface area contributed by atoms with Gasteiger partial charge in [-0.05, 0) is 25.1 Å². The zero-order valence-corrected chi connectivity index (χ0v) is 8.67. The molecule has 0 bridgehead atoms. The summed E-state index contributed by atoms with van der Waals surface area (Å²) >= 11 is 0. The van der Waals surface area contributed by atoms with Gasteiger partial charge >= 0.3 is 6.61 Å². The molecule has 6 heteroatoms. The molecule has 0 aromatic heterocycles. The smallest absolute Gasteiger partial charge is 0.387 e. The van der Waals surface area contributed by atoms with Gasteiger partial charge < -0.3 is 15.2 Å². The summed E-state index contributed by atoms with van der Waals surface area (Å²) in [6.45, 7) is -0.893. The first-order valence-corrected chi connectivity index (χ1v) is 4.60. The lowest BCUT2D eigenvalue weighted by atomic mass is 10.2. The van der Waals surface area contributed by atoms with Crippen LogP contribution in [0.3, 0.4) is 0 Å². The second-order valence-electron chi connectivity index (χ2n) is 2.89. The molecule has 1 aromatic rings. The average Bonchev–Trinajstić information content (AvgIpc) is 2.20. The Morgan fingerprint density at radius 1 is 1.44 bits per heavy atom. The number of hydrogen-bond acceptors (Lipinski definition) is 3. The minimum atomic E-state index is -2.91. The summed E-state index contributed by atoms with van der Waals surface area (Å²) in [4.78, 5) is 0. The number of hydrogen-bond donors (Lipinski definition) is 2. The van der Waals surface area contributed by atoms with Gasteiger partial charge in [-0.25, -0.2) is 0 Å². The van der Waals surface area contributed by atoms with Crippen molar-refractivity contribution < 1.29 is 18.3 Å². The largest absolute Gasteiger partial charge is 0.490 e. The van der Waals surface area contributed by atoms with Crippen LogP contribution in [0.5, 0.6) is 11.5 Å². The molecule has 88 valence electrons. The maximum absolute atomic E-state index is 12.1. The Morgan fingerprint density at radius 2 is 2.12 bits per heavy atom. The third kappa shape index (κ3) is 3.08. The molecule has 0 aliphatic rings. The van der Waals surface area contributed by atoms with Crippen molar-refractivity contribution in [3.8, 4) is 11.5 Å². The molecule has 4 nitrogen and oxygen atoms in total. The quantitative estimate of drug-likeness (QED) is 0.600. The summed E-state index contributed by atoms with van der Waals surface area (Å²) in [5.41, 5.74) is 5.66. The van der Waals surface area contributed by atoms with Gasteiger partial charge in [-0.2, -0.15) is 8.78 Å². The SMILES string of the molecule is CCOc1cc(C(=N)N)ccc1OC(F)F. The lowest BCUT2D eigenvalue weighted by Gasteiger charge is -2.12. The van der Waals surface area contributed by atoms with Gasteiger partial charge in [-0.3, -0.25) is 5.41 Å². The molecular formula is C10H12F2N2O2. The van der Waals surface area contributed by atoms with Crippen molar-refractivity contribution in [3.63, 3.8) is 0 Å². The van der Waals surface area contributed by atoms with Gasteiger partial charge in [0.15, 0.2) is 11.5 Å². The molecule has 0 atom stereocenters. The number of nitrogens with two attached hydrogens (primary N) is 1. The Labute approximate surface area is 91.5 Å². The summed E-state index contributed by atoms with van der Waals surface area (Å²) in [5.74, 6) is -0.0816. The van der Waals surface area contributed by atoms with Gasteiger partial charge in [0.05, 0.1) is 6.61 Å². The number of halogens is 2. The fourth-order valence-electron chi connectivity index (χ4n) is 1.14. The Balaban J connectivity index is 3.03. The van der Waals surface area contributed by atoms with E-state index in [1.165, 1.54) is 18.2 Å². The molecule has 16 heavy (non-hydrogen) atoms. The van der Waals surface area contributed by atoms with Gasteiger partial charge in [-0.15, -0.1) is 0 Å². The van der Waals surface area contributed by atoms with Crippen LogP contribution in [0.1, 0.15) is 12.5 Å². The standard InChI is InChI=1S/C10H12F2N2O2/c1-2-15-8-5-6(9(13)14)3-4-7(8)16-10(11)12/h3-5,10H,2H2,1H3,(H3,13,14). The van der Waals surface area contributed by atoms with E-state index in [1.54, 1.807) is 6.92 Å². The van der Waals surface area contributed by atoms with E-state index in [2.05, 4.69) is 4.74 Å². The van der Waals surface area contributed by atoms with Crippen LogP contribution in [0.2, 0.25) is 0 Å². The van der Waals surface area contributed by atoms with Gasteiger partial charge in [0.25, 0.3) is 0 Å². The van der Waals surface area contributed by atoms with E-state index in [0.717, 1.165) is 0 Å². The zero-order valence-electron chi connectivity index (χ0n) is 8.67. The Kier molecular flexibility index (Phi) is 4.04. The van der Waals surface area contributed by atoms with E-state index in [1.807, 2.05) is 0 Å². The summed E-state index contributed by atoms with van der Waals surface area (Å²) < 4.78 is 33.5. The minimum absolute atomic E-state index is 0.0677. The van der Waals surface area contributed by atoms with Crippen LogP contribution < -0.4 is 15.2 Å². The van der Waals surface area contributed by atoms with Crippen LogP contribution in [0, 0.1) is 5.41 Å². The van der Waals surface area contributed by atoms with E-state index in [0.29, 0.717) is 12.2 Å². The molecule has 0 heterocycles. The van der Waals surface area contributed by atoms with E-state index in [4.69, 9.17) is 15.9 Å². The molecule has 0 aliphatic heterocycles. The highest BCUT2D eigenvalue weighted by molar-refractivity contribution is 5.95. The van der Waals surface area contributed by atoms with Crippen LogP contribution in [0.4, 0.5) is 8.78 Å². The highest BCUT2D eigenvalue weighted by Gasteiger charge is 2.12. The monoisotopic (exact) mass is 230 g/mol. The Morgan fingerprint density at radius 3 is 2.62 bits per heavy atom. The molecule has 1 aromatic carbocycles. The molecule has 0 unspecified atom stereocenters. The van der Waals surface area contributed by atoms with Crippen molar-refractivity contribution in [2.75, 3.05) is 6.61 Å². The first-order chi connectivity index (χ1) is 7.54. The molecule has 0 spiro atoms. The van der Waals surface area contributed by atoms with Crippen LogP contribution in [-0.2, 0) is 0 Å². The maximum atomic E-state index is 12.1. The molecule has 0 aliphatic carbocycles. The zero-order chi connectivity index (χ0) is 12.1. The van der Waals surface area contributed by atoms with Crippen molar-refractivity contribution in [2.45, 2.75) is 13.5 Å². The number of ether oxygens (including phenoxy) is 2. The van der Waals surface area contributed by atoms with Crippen molar-refractivity contribution >= 4 is 5.84 Å². The number of benzene rings is 1. The van der Waals surface area contributed by atoms with Crippen LogP contribution >= 0.6 is 0 Å². The van der Waals surface area contributed by atoms with Gasteiger partial charge in [-0.1, -0.05) is 0 Å². The van der Waals surface area contributed by atoms with Gasteiger partial charge in [0, 0.05) is 5.56 Å². The highest BCUT2D eigenvalue weighted by Crippen LogP contribution is 2.29. The summed E-state index contributed by atoms with van der Waals surface area (Å²) in [6.07, 6.45) is 0. The summed E-state index contributed by atoms with van der Waals surface area (Å²) in [5, 5.41) is 7.21. The van der Waals surface area contributed by atoms with E-state index in [9.17, 15) is 8.78 Å². The lowest BCUT2D eigenvalue weighted by molar-refractivity contribution is -0.0514. The number of nitrogen functional groups attached to an aromatic ring is 1. The van der Waals surface area contributed by atoms with Crippen molar-refractivity contribution in [1.29, 1.82) is 5.41 Å². The Hall–Kier alpha value is -1.85. The third-order valence-corrected chi connectivity index (χ3v) is 1.77. The van der Waals surface area contributed by atoms with E-state index < -0.39 is 6.61 Å². The van der Waals surface area contributed by atoms with E-state index in [-0.39, 0.29) is 17.3 Å². The van der Waals surface area contributed by atoms with Crippen LogP contribution in [0.25, 0.3) is 0 Å². The van der Waals surface area contributed by atoms with Crippen molar-refractivity contribution in [1.82, 2.24) is 0 Å². The summed E-state index contributed by atoms with van der Waals surface area (Å²) in [6, 6.07) is 4.11. The molecule has 0 saturated carbocycles. The number of alkyl halides is 2. The van der Waals surface area contributed by atoms with Crippen molar-refractivity contribution in [3.05, 3.63) is 23.8 Å². The molecular weight excluding hydrogens is 218 g/mol. The molecule has 0 saturated heterocycles. The maximum Gasteiger partial charge on any atom is 0.387 e. The van der Waals surface area contributed by atoms with Gasteiger partial charge in [0.1, 0.15) is 5.84 Å². The normalized spacial score (nSPS) is 10.2. The third-order valence-electron chi connectivity index (χ3n) is 1.77. The topological polar surface area (TPSA) is 68.3 Å². The molecule has 0 amide bonds. The summed E-state index contributed by atoms with van der Waals surface area (Å²) in [7, 11) is 0. The van der Waals surface area contributed by atoms with Crippen LogP contribution in [-0.4, -0.2) is 19.1 Å². The Bertz CT molecular complexity index is 383. The molecule has 0 radical (unpaired) electrons. The lowest BCUT2D eigenvalue weighted by Crippen LogP contribution is -2.12. The molecule has 1 rings (SSSR count). The fourth-order valence-corrected chi connectivity index (χ4v) is 1.14. The second kappa shape index (κ2) is 5.29. The fraction of sp³-hybridized carbons (Fsp3) is 0.300. The second-order valence-corrected chi connectivity index (χ2v) is 2.89. The highest BCUT2D eigenvalue weighted by atomic mass is 19.3. The minimum Gasteiger partial charge on any atom is -0.490 e. The predicted molar refractivity (Wildman–Crippen MR) is 55.3 cm³/mol. The first-order valence-electron chi connectivity index (χ1n) is 4.60. The van der Waals surface area contributed by atoms with Crippen LogP contribution in [0.15, 0.2) is 18.2 Å². The van der Waals surface area contributed by atoms with Gasteiger partial charge in [0.2, 0.25) is 0 Å². The molecule has 0 fully saturated rings. The average molecular weight is 230 g/mol. The predicted octanol–water partition coefficient (Wildman–Crippen LogP) is 1.97. The number of amidine groups is 1. The van der Waals surface area contributed by atoms with Crippen molar-refractivity contribution in [2.24, 2.45) is 5.73 Å². The van der Waals surface area contributed by atoms with E-state index >= 15 is 0 Å².